The van der Waals surface area contributed by atoms with Crippen LogP contribution < -0.4 is 15.5 Å². The molecule has 2 amide bonds. The van der Waals surface area contributed by atoms with Gasteiger partial charge in [0.25, 0.3) is 0 Å². The molecule has 0 aromatic heterocycles. The first kappa shape index (κ1) is 19.1. The Morgan fingerprint density at radius 2 is 1.67 bits per heavy atom. The molecule has 2 aliphatic rings. The van der Waals surface area contributed by atoms with Crippen LogP contribution in [0.5, 0.6) is 0 Å². The number of carbonyl (C=O) groups excluding carboxylic acids is 2. The molecule has 2 aliphatic heterocycles. The van der Waals surface area contributed by atoms with Gasteiger partial charge in [-0.25, -0.2) is 0 Å². The summed E-state index contributed by atoms with van der Waals surface area (Å²) in [5, 5.41) is 5.25. The summed E-state index contributed by atoms with van der Waals surface area (Å²) in [6.07, 6.45) is 2.02. The average molecular weight is 360 g/mol. The van der Waals surface area contributed by atoms with E-state index in [4.69, 9.17) is 9.63 Å². The van der Waals surface area contributed by atoms with Gasteiger partial charge in [-0.15, -0.1) is 0 Å². The summed E-state index contributed by atoms with van der Waals surface area (Å²) in [4.78, 5) is 46.1. The number of likely N-dealkylation sites (N-methyl/N-ethyl adjacent to an activating group) is 1. The Labute approximate surface area is 140 Å². The van der Waals surface area contributed by atoms with E-state index in [2.05, 4.69) is 10.6 Å². The second kappa shape index (κ2) is 7.76. The summed E-state index contributed by atoms with van der Waals surface area (Å²) in [6, 6.07) is 0. The lowest BCUT2D eigenvalue weighted by molar-refractivity contribution is -0.193. The van der Waals surface area contributed by atoms with Gasteiger partial charge in [0.2, 0.25) is 11.8 Å². The van der Waals surface area contributed by atoms with Crippen molar-refractivity contribution in [2.45, 2.75) is 12.2 Å². The molecular formula is C14H23N3O6P-. The monoisotopic (exact) mass is 360 g/mol. The number of nitrogens with zero attached hydrogens (tertiary/aromatic N) is 1. The SMILES string of the molecule is CN(C)CCNC(=O)C1C(C(=O)NCCP(=O)([O-])O)[C@@H]2C=C[C@H]1O2. The third kappa shape index (κ3) is 4.87. The Bertz CT molecular complexity index is 561. The average Bonchev–Trinajstić information content (AvgIpc) is 3.05. The minimum atomic E-state index is -4.42. The molecule has 0 spiro atoms. The first-order valence-electron chi connectivity index (χ1n) is 7.76. The zero-order valence-corrected chi connectivity index (χ0v) is 14.6. The molecule has 1 saturated heterocycles. The van der Waals surface area contributed by atoms with Gasteiger partial charge in [-0.2, -0.15) is 0 Å². The molecule has 2 heterocycles. The topological polar surface area (TPSA) is 131 Å². The number of ether oxygens (including phenoxy) is 1. The van der Waals surface area contributed by atoms with Crippen molar-refractivity contribution in [3.63, 3.8) is 0 Å². The highest BCUT2D eigenvalue weighted by atomic mass is 31.2. The van der Waals surface area contributed by atoms with Crippen LogP contribution in [0.1, 0.15) is 0 Å². The van der Waals surface area contributed by atoms with Crippen LogP contribution in [0.3, 0.4) is 0 Å². The van der Waals surface area contributed by atoms with Gasteiger partial charge in [-0.3, -0.25) is 9.59 Å². The third-order valence-corrected chi connectivity index (χ3v) is 4.85. The molecule has 1 fully saturated rings. The molecule has 0 aromatic rings. The third-order valence-electron chi connectivity index (χ3n) is 4.06. The van der Waals surface area contributed by atoms with Gasteiger partial charge in [0.15, 0.2) is 0 Å². The molecule has 5 atom stereocenters. The van der Waals surface area contributed by atoms with Crippen molar-refractivity contribution in [3.8, 4) is 0 Å². The Hall–Kier alpha value is -1.25. The van der Waals surface area contributed by atoms with Gasteiger partial charge in [0.05, 0.1) is 24.0 Å². The number of amides is 2. The smallest absolute Gasteiger partial charge is 0.227 e. The number of nitrogens with one attached hydrogen (secondary N) is 2. The molecule has 0 aromatic carbocycles. The number of carbonyl (C=O) groups is 2. The Morgan fingerprint density at radius 1 is 1.17 bits per heavy atom. The lowest BCUT2D eigenvalue weighted by Crippen LogP contribution is -2.47. The van der Waals surface area contributed by atoms with E-state index in [0.717, 1.165) is 0 Å². The molecule has 0 saturated carbocycles. The second-order valence-electron chi connectivity index (χ2n) is 6.25. The van der Waals surface area contributed by atoms with E-state index in [9.17, 15) is 19.0 Å². The number of hydrogen-bond acceptors (Lipinski definition) is 6. The van der Waals surface area contributed by atoms with Crippen molar-refractivity contribution in [2.24, 2.45) is 11.8 Å². The number of rotatable bonds is 8. The molecule has 3 N–H and O–H groups in total. The van der Waals surface area contributed by atoms with Crippen molar-refractivity contribution in [1.82, 2.24) is 15.5 Å². The lowest BCUT2D eigenvalue weighted by atomic mass is 9.81. The highest BCUT2D eigenvalue weighted by Gasteiger charge is 2.52. The highest BCUT2D eigenvalue weighted by Crippen LogP contribution is 2.39. The van der Waals surface area contributed by atoms with E-state index in [1.165, 1.54) is 0 Å². The van der Waals surface area contributed by atoms with E-state index in [-0.39, 0.29) is 12.5 Å². The van der Waals surface area contributed by atoms with Gasteiger partial charge in [-0.1, -0.05) is 12.2 Å². The Morgan fingerprint density at radius 3 is 2.12 bits per heavy atom. The van der Waals surface area contributed by atoms with Crippen LogP contribution in [0.2, 0.25) is 0 Å². The molecule has 9 nitrogen and oxygen atoms in total. The zero-order valence-electron chi connectivity index (χ0n) is 13.7. The molecule has 2 bridgehead atoms. The van der Waals surface area contributed by atoms with Gasteiger partial charge < -0.3 is 34.6 Å². The first-order chi connectivity index (χ1) is 11.2. The van der Waals surface area contributed by atoms with Gasteiger partial charge in [-0.05, 0) is 14.1 Å². The van der Waals surface area contributed by atoms with Crippen molar-refractivity contribution in [3.05, 3.63) is 12.2 Å². The van der Waals surface area contributed by atoms with Crippen LogP contribution in [0.4, 0.5) is 0 Å². The van der Waals surface area contributed by atoms with Gasteiger partial charge in [0.1, 0.15) is 7.60 Å². The van der Waals surface area contributed by atoms with Crippen LogP contribution >= 0.6 is 7.60 Å². The fourth-order valence-electron chi connectivity index (χ4n) is 2.89. The van der Waals surface area contributed by atoms with Crippen LogP contribution in [0.15, 0.2) is 12.2 Å². The molecule has 2 rings (SSSR count). The van der Waals surface area contributed by atoms with Crippen molar-refractivity contribution < 1.29 is 28.7 Å². The van der Waals surface area contributed by atoms with E-state index >= 15 is 0 Å². The predicted octanol–water partition coefficient (Wildman–Crippen LogP) is -2.10. The minimum Gasteiger partial charge on any atom is -0.779 e. The Balaban J connectivity index is 1.94. The van der Waals surface area contributed by atoms with Crippen molar-refractivity contribution >= 4 is 19.4 Å². The zero-order chi connectivity index (χ0) is 17.9. The maximum atomic E-state index is 12.4. The van der Waals surface area contributed by atoms with Gasteiger partial charge >= 0.3 is 0 Å². The fraction of sp³-hybridized carbons (Fsp3) is 0.714. The summed E-state index contributed by atoms with van der Waals surface area (Å²) in [6.45, 7) is 0.930. The van der Waals surface area contributed by atoms with Crippen LogP contribution in [-0.4, -0.2) is 73.7 Å². The largest absolute Gasteiger partial charge is 0.779 e. The van der Waals surface area contributed by atoms with E-state index in [0.29, 0.717) is 13.1 Å². The number of hydrogen-bond donors (Lipinski definition) is 3. The maximum Gasteiger partial charge on any atom is 0.227 e. The number of fused-ring (bicyclic) bond motifs is 2. The molecule has 0 aliphatic carbocycles. The first-order valence-corrected chi connectivity index (χ1v) is 9.52. The summed E-state index contributed by atoms with van der Waals surface area (Å²) in [7, 11) is -0.638. The normalized spacial score (nSPS) is 30.4. The molecule has 0 radical (unpaired) electrons. The standard InChI is InChI=1S/C14H24N3O6P/c1-17(2)7-5-15-13(18)11-9-3-4-10(23-9)12(11)14(19)16-6-8-24(20,21)22/h3-4,9-12H,5-8H2,1-2H3,(H,15,18)(H,16,19)(H2,20,21,22)/p-1/t9-,10+,11?,12?/m1/s1. The highest BCUT2D eigenvalue weighted by molar-refractivity contribution is 7.50. The van der Waals surface area contributed by atoms with Crippen molar-refractivity contribution in [1.29, 1.82) is 0 Å². The van der Waals surface area contributed by atoms with Crippen LogP contribution in [0.25, 0.3) is 0 Å². The fourth-order valence-corrected chi connectivity index (χ4v) is 3.29. The van der Waals surface area contributed by atoms with Crippen LogP contribution in [-0.2, 0) is 18.9 Å². The van der Waals surface area contributed by atoms with Gasteiger partial charge in [0, 0.05) is 25.8 Å². The summed E-state index contributed by atoms with van der Waals surface area (Å²) in [5.41, 5.74) is 0. The molecule has 3 unspecified atom stereocenters. The van der Waals surface area contributed by atoms with E-state index < -0.39 is 43.7 Å². The van der Waals surface area contributed by atoms with Crippen molar-refractivity contribution in [2.75, 3.05) is 39.9 Å². The minimum absolute atomic E-state index is 0.206. The maximum absolute atomic E-state index is 12.4. The second-order valence-corrected chi connectivity index (χ2v) is 7.97. The molecular weight excluding hydrogens is 337 g/mol. The quantitative estimate of drug-likeness (QED) is 0.334. The van der Waals surface area contributed by atoms with Crippen LogP contribution in [0, 0.1) is 11.8 Å². The molecule has 136 valence electrons. The summed E-state index contributed by atoms with van der Waals surface area (Å²) in [5.74, 6) is -2.06. The van der Waals surface area contributed by atoms with E-state index in [1.54, 1.807) is 12.2 Å². The van der Waals surface area contributed by atoms with E-state index in [1.807, 2.05) is 19.0 Å². The lowest BCUT2D eigenvalue weighted by Gasteiger charge is -2.24. The molecule has 10 heteroatoms. The summed E-state index contributed by atoms with van der Waals surface area (Å²) >= 11 is 0. The molecule has 24 heavy (non-hydrogen) atoms. The summed E-state index contributed by atoms with van der Waals surface area (Å²) < 4.78 is 16.3. The predicted molar refractivity (Wildman–Crippen MR) is 84.0 cm³/mol. The Kier molecular flexibility index (Phi) is 6.17.